The zero-order valence-corrected chi connectivity index (χ0v) is 12.4. The molecule has 1 aromatic rings. The van der Waals surface area contributed by atoms with E-state index in [1.165, 1.54) is 19.3 Å². The molecule has 0 aliphatic carbocycles. The van der Waals surface area contributed by atoms with E-state index >= 15 is 0 Å². The number of hydrogen-bond donors (Lipinski definition) is 2. The van der Waals surface area contributed by atoms with Gasteiger partial charge in [-0.3, -0.25) is 4.79 Å². The largest absolute Gasteiger partial charge is 0.508 e. The van der Waals surface area contributed by atoms with Gasteiger partial charge in [-0.2, -0.15) is 0 Å². The molecule has 2 rings (SSSR count). The number of amides is 1. The van der Waals surface area contributed by atoms with Crippen LogP contribution >= 0.6 is 0 Å². The van der Waals surface area contributed by atoms with E-state index in [4.69, 9.17) is 0 Å². The Kier molecular flexibility index (Phi) is 5.01. The van der Waals surface area contributed by atoms with Crippen molar-refractivity contribution in [3.8, 4) is 5.75 Å². The minimum Gasteiger partial charge on any atom is -0.508 e. The summed E-state index contributed by atoms with van der Waals surface area (Å²) in [6.45, 7) is 3.65. The minimum atomic E-state index is -0.0314. The second-order valence-corrected chi connectivity index (χ2v) is 5.66. The predicted molar refractivity (Wildman–Crippen MR) is 80.1 cm³/mol. The van der Waals surface area contributed by atoms with E-state index in [0.29, 0.717) is 11.6 Å². The molecule has 0 saturated carbocycles. The van der Waals surface area contributed by atoms with Crippen LogP contribution in [-0.4, -0.2) is 42.1 Å². The Hall–Kier alpha value is -1.55. The smallest absolute Gasteiger partial charge is 0.253 e. The van der Waals surface area contributed by atoms with Crippen LogP contribution in [-0.2, 0) is 0 Å². The first-order valence-electron chi connectivity index (χ1n) is 7.36. The predicted octanol–water partition coefficient (Wildman–Crippen LogP) is 2.30. The Bertz CT molecular complexity index is 468. The van der Waals surface area contributed by atoms with Crippen LogP contribution in [0.25, 0.3) is 0 Å². The molecular formula is C16H24N2O2. The molecule has 1 aliphatic rings. The van der Waals surface area contributed by atoms with E-state index in [0.717, 1.165) is 25.1 Å². The summed E-state index contributed by atoms with van der Waals surface area (Å²) < 4.78 is 0. The lowest BCUT2D eigenvalue weighted by Crippen LogP contribution is -2.38. The Morgan fingerprint density at radius 3 is 2.90 bits per heavy atom. The quantitative estimate of drug-likeness (QED) is 0.887. The third-order valence-electron chi connectivity index (χ3n) is 4.03. The monoisotopic (exact) mass is 276 g/mol. The van der Waals surface area contributed by atoms with Gasteiger partial charge in [-0.1, -0.05) is 12.5 Å². The normalized spacial score (nSPS) is 18.8. The molecule has 0 aromatic heterocycles. The van der Waals surface area contributed by atoms with Gasteiger partial charge in [0.2, 0.25) is 0 Å². The Labute approximate surface area is 120 Å². The summed E-state index contributed by atoms with van der Waals surface area (Å²) in [5, 5.41) is 13.2. The summed E-state index contributed by atoms with van der Waals surface area (Å²) >= 11 is 0. The van der Waals surface area contributed by atoms with Gasteiger partial charge in [-0.15, -0.1) is 0 Å². The number of phenols is 1. The highest BCUT2D eigenvalue weighted by Crippen LogP contribution is 2.18. The zero-order chi connectivity index (χ0) is 14.5. The number of phenolic OH excluding ortho intramolecular Hbond substituents is 1. The topological polar surface area (TPSA) is 52.6 Å². The van der Waals surface area contributed by atoms with Gasteiger partial charge in [0.25, 0.3) is 5.91 Å². The van der Waals surface area contributed by atoms with Crippen molar-refractivity contribution >= 4 is 5.91 Å². The van der Waals surface area contributed by atoms with Crippen molar-refractivity contribution in [2.24, 2.45) is 0 Å². The van der Waals surface area contributed by atoms with E-state index in [1.54, 1.807) is 23.1 Å². The summed E-state index contributed by atoms with van der Waals surface area (Å²) in [4.78, 5) is 14.0. The lowest BCUT2D eigenvalue weighted by atomic mass is 10.0. The van der Waals surface area contributed by atoms with Gasteiger partial charge in [0, 0.05) is 25.2 Å². The fraction of sp³-hybridized carbons (Fsp3) is 0.562. The van der Waals surface area contributed by atoms with Crippen LogP contribution in [0.15, 0.2) is 18.2 Å². The van der Waals surface area contributed by atoms with Gasteiger partial charge >= 0.3 is 0 Å². The highest BCUT2D eigenvalue weighted by molar-refractivity contribution is 5.94. The maximum absolute atomic E-state index is 12.3. The number of nitrogens with one attached hydrogen (secondary N) is 1. The Morgan fingerprint density at radius 2 is 2.25 bits per heavy atom. The van der Waals surface area contributed by atoms with E-state index in [9.17, 15) is 9.90 Å². The standard InChI is InChI=1S/C16H24N2O2/c1-12-6-7-13(11-15(12)19)16(20)18(2)10-8-14-5-3-4-9-17-14/h6-7,11,14,17,19H,3-5,8-10H2,1-2H3. The molecule has 1 aromatic carbocycles. The minimum absolute atomic E-state index is 0.0314. The van der Waals surface area contributed by atoms with E-state index < -0.39 is 0 Å². The maximum atomic E-state index is 12.3. The SMILES string of the molecule is Cc1ccc(C(=O)N(C)CCC2CCCCN2)cc1O. The number of piperidine rings is 1. The first-order chi connectivity index (χ1) is 9.58. The molecule has 4 nitrogen and oxygen atoms in total. The molecular weight excluding hydrogens is 252 g/mol. The van der Waals surface area contributed by atoms with Gasteiger partial charge in [-0.05, 0) is 50.4 Å². The number of nitrogens with zero attached hydrogens (tertiary/aromatic N) is 1. The van der Waals surface area contributed by atoms with Crippen LogP contribution < -0.4 is 5.32 Å². The number of hydrogen-bond acceptors (Lipinski definition) is 3. The summed E-state index contributed by atoms with van der Waals surface area (Å²) in [6.07, 6.45) is 4.72. The van der Waals surface area contributed by atoms with E-state index in [-0.39, 0.29) is 11.7 Å². The molecule has 1 heterocycles. The second kappa shape index (κ2) is 6.75. The van der Waals surface area contributed by atoms with Crippen molar-refractivity contribution in [3.63, 3.8) is 0 Å². The van der Waals surface area contributed by atoms with Gasteiger partial charge < -0.3 is 15.3 Å². The molecule has 1 aliphatic heterocycles. The highest BCUT2D eigenvalue weighted by Gasteiger charge is 2.16. The molecule has 110 valence electrons. The molecule has 1 atom stereocenters. The van der Waals surface area contributed by atoms with Crippen LogP contribution in [0.1, 0.15) is 41.6 Å². The lowest BCUT2D eigenvalue weighted by molar-refractivity contribution is 0.0787. The molecule has 20 heavy (non-hydrogen) atoms. The molecule has 1 amide bonds. The number of aryl methyl sites for hydroxylation is 1. The first-order valence-corrected chi connectivity index (χ1v) is 7.36. The summed E-state index contributed by atoms with van der Waals surface area (Å²) in [7, 11) is 1.82. The van der Waals surface area contributed by atoms with Crippen molar-refractivity contribution < 1.29 is 9.90 Å². The third-order valence-corrected chi connectivity index (χ3v) is 4.03. The number of carbonyl (C=O) groups excluding carboxylic acids is 1. The molecule has 0 spiro atoms. The van der Waals surface area contributed by atoms with Crippen molar-refractivity contribution in [3.05, 3.63) is 29.3 Å². The third kappa shape index (κ3) is 3.73. The second-order valence-electron chi connectivity index (χ2n) is 5.66. The molecule has 1 saturated heterocycles. The first kappa shape index (κ1) is 14.9. The van der Waals surface area contributed by atoms with Crippen molar-refractivity contribution in [1.82, 2.24) is 10.2 Å². The van der Waals surface area contributed by atoms with Crippen LogP contribution in [0.3, 0.4) is 0 Å². The Balaban J connectivity index is 1.89. The van der Waals surface area contributed by atoms with E-state index in [1.807, 2.05) is 14.0 Å². The molecule has 2 N–H and O–H groups in total. The van der Waals surface area contributed by atoms with Crippen LogP contribution in [0.2, 0.25) is 0 Å². The molecule has 1 fully saturated rings. The van der Waals surface area contributed by atoms with Crippen LogP contribution in [0.5, 0.6) is 5.75 Å². The van der Waals surface area contributed by atoms with Gasteiger partial charge in [0.1, 0.15) is 5.75 Å². The average molecular weight is 276 g/mol. The number of aromatic hydroxyl groups is 1. The van der Waals surface area contributed by atoms with Crippen LogP contribution in [0.4, 0.5) is 0 Å². The summed E-state index contributed by atoms with van der Waals surface area (Å²) in [6, 6.07) is 5.63. The maximum Gasteiger partial charge on any atom is 0.253 e. The van der Waals surface area contributed by atoms with Crippen molar-refractivity contribution in [1.29, 1.82) is 0 Å². The number of carbonyl (C=O) groups is 1. The molecule has 4 heteroatoms. The number of benzene rings is 1. The zero-order valence-electron chi connectivity index (χ0n) is 12.4. The van der Waals surface area contributed by atoms with Crippen LogP contribution in [0, 0.1) is 6.92 Å². The van der Waals surface area contributed by atoms with Gasteiger partial charge in [0.05, 0.1) is 0 Å². The van der Waals surface area contributed by atoms with Gasteiger partial charge in [0.15, 0.2) is 0 Å². The molecule has 0 bridgehead atoms. The summed E-state index contributed by atoms with van der Waals surface area (Å²) in [5.41, 5.74) is 1.34. The number of rotatable bonds is 4. The fourth-order valence-corrected chi connectivity index (χ4v) is 2.58. The van der Waals surface area contributed by atoms with Crippen molar-refractivity contribution in [2.45, 2.75) is 38.6 Å². The Morgan fingerprint density at radius 1 is 1.45 bits per heavy atom. The molecule has 0 radical (unpaired) electrons. The van der Waals surface area contributed by atoms with E-state index in [2.05, 4.69) is 5.32 Å². The lowest BCUT2D eigenvalue weighted by Gasteiger charge is -2.26. The highest BCUT2D eigenvalue weighted by atomic mass is 16.3. The van der Waals surface area contributed by atoms with Crippen molar-refractivity contribution in [2.75, 3.05) is 20.1 Å². The molecule has 1 unspecified atom stereocenters. The fourth-order valence-electron chi connectivity index (χ4n) is 2.58. The average Bonchev–Trinajstić information content (AvgIpc) is 2.48. The summed E-state index contributed by atoms with van der Waals surface area (Å²) in [5.74, 6) is 0.148. The van der Waals surface area contributed by atoms with Gasteiger partial charge in [-0.25, -0.2) is 0 Å².